The van der Waals surface area contributed by atoms with E-state index in [0.717, 1.165) is 18.6 Å². The molecule has 2 bridgehead atoms. The van der Waals surface area contributed by atoms with E-state index in [4.69, 9.17) is 4.42 Å². The number of piperidine rings is 1. The summed E-state index contributed by atoms with van der Waals surface area (Å²) in [5.41, 5.74) is 0. The predicted octanol–water partition coefficient (Wildman–Crippen LogP) is 2.58. The molecular formula is C15H23ClN2O2. The van der Waals surface area contributed by atoms with Crippen LogP contribution in [0.25, 0.3) is 0 Å². The molecule has 2 saturated heterocycles. The van der Waals surface area contributed by atoms with Crippen LogP contribution in [0.1, 0.15) is 37.9 Å². The maximum atomic E-state index is 12.2. The van der Waals surface area contributed by atoms with Gasteiger partial charge in [-0.15, -0.1) is 12.4 Å². The summed E-state index contributed by atoms with van der Waals surface area (Å²) in [6, 6.07) is 5.09. The molecule has 2 aliphatic heterocycles. The van der Waals surface area contributed by atoms with Crippen LogP contribution in [0.15, 0.2) is 22.8 Å². The van der Waals surface area contributed by atoms with Crippen molar-refractivity contribution in [2.75, 3.05) is 7.05 Å². The van der Waals surface area contributed by atoms with Gasteiger partial charge in [0.15, 0.2) is 0 Å². The molecule has 1 aromatic heterocycles. The van der Waals surface area contributed by atoms with Gasteiger partial charge in [-0.2, -0.15) is 0 Å². The van der Waals surface area contributed by atoms with Gasteiger partial charge >= 0.3 is 0 Å². The van der Waals surface area contributed by atoms with Gasteiger partial charge in [-0.25, -0.2) is 0 Å². The number of carbonyl (C=O) groups excluding carboxylic acids is 1. The first-order valence-corrected chi connectivity index (χ1v) is 7.23. The van der Waals surface area contributed by atoms with Crippen LogP contribution < -0.4 is 5.32 Å². The number of rotatable bonds is 4. The number of fused-ring (bicyclic) bond motifs is 2. The fraction of sp³-hybridized carbons (Fsp3) is 0.667. The van der Waals surface area contributed by atoms with Crippen LogP contribution in [0.4, 0.5) is 0 Å². The first-order chi connectivity index (χ1) is 9.20. The molecule has 112 valence electrons. The van der Waals surface area contributed by atoms with E-state index in [9.17, 15) is 4.79 Å². The normalized spacial score (nSPS) is 27.9. The van der Waals surface area contributed by atoms with Gasteiger partial charge in [0, 0.05) is 25.6 Å². The highest BCUT2D eigenvalue weighted by Gasteiger charge is 2.34. The molecule has 2 unspecified atom stereocenters. The van der Waals surface area contributed by atoms with Gasteiger partial charge < -0.3 is 14.6 Å². The van der Waals surface area contributed by atoms with Crippen molar-refractivity contribution < 1.29 is 9.21 Å². The molecule has 3 rings (SSSR count). The Morgan fingerprint density at radius 2 is 2.10 bits per heavy atom. The Hall–Kier alpha value is -1.00. The third-order valence-electron chi connectivity index (χ3n) is 4.43. The van der Waals surface area contributed by atoms with E-state index in [0.29, 0.717) is 31.0 Å². The van der Waals surface area contributed by atoms with E-state index in [1.165, 1.54) is 12.8 Å². The molecule has 1 N–H and O–H groups in total. The number of nitrogens with zero attached hydrogens (tertiary/aromatic N) is 1. The molecule has 0 aliphatic carbocycles. The highest BCUT2D eigenvalue weighted by molar-refractivity contribution is 5.85. The molecule has 4 nitrogen and oxygen atoms in total. The van der Waals surface area contributed by atoms with Gasteiger partial charge in [0.05, 0.1) is 12.8 Å². The lowest BCUT2D eigenvalue weighted by Crippen LogP contribution is -2.39. The summed E-state index contributed by atoms with van der Waals surface area (Å²) in [6.07, 6.45) is 7.24. The molecule has 1 amide bonds. The molecule has 0 spiro atoms. The quantitative estimate of drug-likeness (QED) is 0.929. The molecule has 3 heterocycles. The second-order valence-corrected chi connectivity index (χ2v) is 6.01. The lowest BCUT2D eigenvalue weighted by atomic mass is 9.89. The summed E-state index contributed by atoms with van der Waals surface area (Å²) < 4.78 is 5.28. The van der Waals surface area contributed by atoms with E-state index in [-0.39, 0.29) is 18.3 Å². The van der Waals surface area contributed by atoms with Gasteiger partial charge in [0.2, 0.25) is 5.91 Å². The van der Waals surface area contributed by atoms with Gasteiger partial charge in [-0.05, 0) is 43.7 Å². The van der Waals surface area contributed by atoms with Crippen molar-refractivity contribution >= 4 is 18.3 Å². The van der Waals surface area contributed by atoms with Crippen molar-refractivity contribution in [3.63, 3.8) is 0 Å². The molecule has 0 radical (unpaired) electrons. The lowest BCUT2D eigenvalue weighted by Gasteiger charge is -2.29. The zero-order valence-electron chi connectivity index (χ0n) is 11.9. The molecule has 1 aromatic rings. The van der Waals surface area contributed by atoms with Gasteiger partial charge in [0.25, 0.3) is 0 Å². The second kappa shape index (κ2) is 6.64. The summed E-state index contributed by atoms with van der Waals surface area (Å²) in [5, 5.41) is 3.62. The minimum atomic E-state index is 0. The molecule has 5 heteroatoms. The lowest BCUT2D eigenvalue weighted by molar-refractivity contribution is -0.131. The van der Waals surface area contributed by atoms with Crippen molar-refractivity contribution in [2.45, 2.75) is 50.7 Å². The van der Waals surface area contributed by atoms with Crippen LogP contribution in [0, 0.1) is 5.92 Å². The monoisotopic (exact) mass is 298 g/mol. The van der Waals surface area contributed by atoms with Gasteiger partial charge in [0.1, 0.15) is 5.76 Å². The maximum absolute atomic E-state index is 12.2. The Morgan fingerprint density at radius 1 is 1.40 bits per heavy atom. The van der Waals surface area contributed by atoms with Crippen LogP contribution in [-0.4, -0.2) is 29.9 Å². The van der Waals surface area contributed by atoms with Gasteiger partial charge in [-0.1, -0.05) is 0 Å². The minimum absolute atomic E-state index is 0. The summed E-state index contributed by atoms with van der Waals surface area (Å²) in [6.45, 7) is 0.573. The van der Waals surface area contributed by atoms with E-state index in [2.05, 4.69) is 5.32 Å². The smallest absolute Gasteiger partial charge is 0.222 e. The Morgan fingerprint density at radius 3 is 2.70 bits per heavy atom. The SMILES string of the molecule is CN(Cc1ccco1)C(=O)CC1CC2CCC(C1)N2.Cl. The number of furan rings is 1. The Bertz CT molecular complexity index is 423. The van der Waals surface area contributed by atoms with Crippen molar-refractivity contribution in [1.29, 1.82) is 0 Å². The summed E-state index contributed by atoms with van der Waals surface area (Å²) in [7, 11) is 1.86. The average molecular weight is 299 g/mol. The molecule has 20 heavy (non-hydrogen) atoms. The number of hydrogen-bond acceptors (Lipinski definition) is 3. The molecule has 0 aromatic carbocycles. The Labute approximate surface area is 126 Å². The number of nitrogens with one attached hydrogen (secondary N) is 1. The van der Waals surface area contributed by atoms with E-state index in [1.807, 2.05) is 19.2 Å². The van der Waals surface area contributed by atoms with Crippen LogP contribution in [-0.2, 0) is 11.3 Å². The van der Waals surface area contributed by atoms with E-state index >= 15 is 0 Å². The third-order valence-corrected chi connectivity index (χ3v) is 4.43. The average Bonchev–Trinajstić information content (AvgIpc) is 2.99. The predicted molar refractivity (Wildman–Crippen MR) is 79.7 cm³/mol. The molecular weight excluding hydrogens is 276 g/mol. The van der Waals surface area contributed by atoms with Crippen LogP contribution >= 0.6 is 12.4 Å². The van der Waals surface area contributed by atoms with Crippen molar-refractivity contribution in [1.82, 2.24) is 10.2 Å². The number of amides is 1. The molecule has 0 saturated carbocycles. The summed E-state index contributed by atoms with van der Waals surface area (Å²) in [4.78, 5) is 14.0. The Balaban J connectivity index is 0.00000147. The van der Waals surface area contributed by atoms with Gasteiger partial charge in [-0.3, -0.25) is 4.79 Å². The molecule has 2 atom stereocenters. The largest absolute Gasteiger partial charge is 0.467 e. The highest BCUT2D eigenvalue weighted by Crippen LogP contribution is 2.32. The first kappa shape index (κ1) is 15.4. The third kappa shape index (κ3) is 3.55. The molecule has 2 aliphatic rings. The number of carbonyl (C=O) groups is 1. The fourth-order valence-electron chi connectivity index (χ4n) is 3.47. The van der Waals surface area contributed by atoms with Crippen LogP contribution in [0.2, 0.25) is 0 Å². The number of hydrogen-bond donors (Lipinski definition) is 1. The first-order valence-electron chi connectivity index (χ1n) is 7.23. The summed E-state index contributed by atoms with van der Waals surface area (Å²) in [5.74, 6) is 1.65. The van der Waals surface area contributed by atoms with Crippen molar-refractivity contribution in [3.8, 4) is 0 Å². The van der Waals surface area contributed by atoms with E-state index in [1.54, 1.807) is 11.2 Å². The van der Waals surface area contributed by atoms with Crippen LogP contribution in [0.5, 0.6) is 0 Å². The van der Waals surface area contributed by atoms with Crippen molar-refractivity contribution in [3.05, 3.63) is 24.2 Å². The molecule has 2 fully saturated rings. The van der Waals surface area contributed by atoms with Crippen molar-refractivity contribution in [2.24, 2.45) is 5.92 Å². The summed E-state index contributed by atoms with van der Waals surface area (Å²) >= 11 is 0. The number of halogens is 1. The Kier molecular flexibility index (Phi) is 5.11. The van der Waals surface area contributed by atoms with Crippen LogP contribution in [0.3, 0.4) is 0 Å². The highest BCUT2D eigenvalue weighted by atomic mass is 35.5. The fourth-order valence-corrected chi connectivity index (χ4v) is 3.47. The standard InChI is InChI=1S/C15H22N2O2.ClH/c1-17(10-14-3-2-6-19-14)15(18)9-11-7-12-4-5-13(8-11)16-12;/h2-3,6,11-13,16H,4-5,7-10H2,1H3;1H. The minimum Gasteiger partial charge on any atom is -0.467 e. The zero-order chi connectivity index (χ0) is 13.2. The van der Waals surface area contributed by atoms with E-state index < -0.39 is 0 Å². The second-order valence-electron chi connectivity index (χ2n) is 6.01. The topological polar surface area (TPSA) is 45.5 Å². The maximum Gasteiger partial charge on any atom is 0.222 e. The zero-order valence-corrected chi connectivity index (χ0v) is 12.7.